The Hall–Kier alpha value is -4.22. The first kappa shape index (κ1) is 27.4. The lowest BCUT2D eigenvalue weighted by molar-refractivity contribution is 0.167. The highest BCUT2D eigenvalue weighted by Crippen LogP contribution is 2.38. The first-order valence-corrected chi connectivity index (χ1v) is 13.3. The van der Waals surface area contributed by atoms with Crippen LogP contribution < -0.4 is 19.1 Å². The van der Waals surface area contributed by atoms with Gasteiger partial charge in [0.15, 0.2) is 11.6 Å². The van der Waals surface area contributed by atoms with Crippen LogP contribution in [0.1, 0.15) is 13.8 Å². The highest BCUT2D eigenvalue weighted by molar-refractivity contribution is 7.21. The fourth-order valence-electron chi connectivity index (χ4n) is 4.27. The third kappa shape index (κ3) is 5.30. The van der Waals surface area contributed by atoms with Crippen LogP contribution >= 0.6 is 22.9 Å². The summed E-state index contributed by atoms with van der Waals surface area (Å²) in [6.45, 7) is 3.36. The molecule has 0 bridgehead atoms. The van der Waals surface area contributed by atoms with Gasteiger partial charge in [-0.15, -0.1) is 11.3 Å². The molecule has 2 atom stereocenters. The molecule has 0 unspecified atom stereocenters. The van der Waals surface area contributed by atoms with Crippen LogP contribution in [0, 0.1) is 5.82 Å². The summed E-state index contributed by atoms with van der Waals surface area (Å²) in [5.41, 5.74) is 2.18. The molecule has 1 N–H and O–H groups in total. The smallest absolute Gasteiger partial charge is 0.412 e. The number of amides is 1. The van der Waals surface area contributed by atoms with E-state index in [9.17, 15) is 9.90 Å². The summed E-state index contributed by atoms with van der Waals surface area (Å²) in [4.78, 5) is 26.4. The number of aromatic nitrogens is 3. The van der Waals surface area contributed by atoms with Crippen LogP contribution in [0.3, 0.4) is 0 Å². The Morgan fingerprint density at radius 1 is 1.07 bits per heavy atom. The largest absolute Gasteiger partial charge is 0.495 e. The second-order valence-corrected chi connectivity index (χ2v) is 10.4. The fourth-order valence-corrected chi connectivity index (χ4v) is 5.49. The first-order valence-electron chi connectivity index (χ1n) is 12.1. The van der Waals surface area contributed by atoms with Crippen molar-refractivity contribution in [3.05, 3.63) is 65.7 Å². The number of fused-ring (bicyclic) bond motifs is 2. The minimum atomic E-state index is -1.20. The summed E-state index contributed by atoms with van der Waals surface area (Å²) in [5, 5.41) is 11.8. The molecule has 1 amide bonds. The quantitative estimate of drug-likeness (QED) is 0.207. The van der Waals surface area contributed by atoms with E-state index in [2.05, 4.69) is 15.0 Å². The lowest BCUT2D eigenvalue weighted by Crippen LogP contribution is -2.46. The molecule has 5 aromatic rings. The summed E-state index contributed by atoms with van der Waals surface area (Å²) >= 11 is 7.73. The second kappa shape index (κ2) is 11.1. The van der Waals surface area contributed by atoms with Gasteiger partial charge in [0.25, 0.3) is 0 Å². The molecule has 0 fully saturated rings. The van der Waals surface area contributed by atoms with Gasteiger partial charge in [-0.25, -0.2) is 19.2 Å². The number of hydrogen-bond acceptors (Lipinski definition) is 8. The van der Waals surface area contributed by atoms with E-state index in [1.165, 1.54) is 30.7 Å². The van der Waals surface area contributed by atoms with Crippen molar-refractivity contribution in [2.24, 2.45) is 0 Å². The molecule has 2 aromatic carbocycles. The lowest BCUT2D eigenvalue weighted by Gasteiger charge is -2.31. The van der Waals surface area contributed by atoms with Gasteiger partial charge in [0.05, 0.1) is 54.1 Å². The summed E-state index contributed by atoms with van der Waals surface area (Å²) in [5.74, 6) is 0.322. The monoisotopic (exact) mass is 582 g/mol. The lowest BCUT2D eigenvalue weighted by atomic mass is 10.1. The first-order chi connectivity index (χ1) is 19.2. The van der Waals surface area contributed by atoms with E-state index in [0.29, 0.717) is 48.6 Å². The number of carbonyl (C=O) groups is 1. The summed E-state index contributed by atoms with van der Waals surface area (Å²) in [6, 6.07) is 10.7. The average Bonchev–Trinajstić information content (AvgIpc) is 3.35. The van der Waals surface area contributed by atoms with Gasteiger partial charge in [-0.2, -0.15) is 0 Å². The van der Waals surface area contributed by atoms with Crippen molar-refractivity contribution in [1.29, 1.82) is 0 Å². The van der Waals surface area contributed by atoms with E-state index in [0.717, 1.165) is 10.3 Å². The van der Waals surface area contributed by atoms with Crippen molar-refractivity contribution in [3.8, 4) is 28.0 Å². The topological polar surface area (TPSA) is 107 Å². The number of halogens is 2. The maximum atomic E-state index is 15.2. The minimum absolute atomic E-state index is 0.0148. The van der Waals surface area contributed by atoms with Crippen molar-refractivity contribution >= 4 is 55.8 Å². The Kier molecular flexibility index (Phi) is 7.59. The van der Waals surface area contributed by atoms with Gasteiger partial charge in [-0.05, 0) is 38.1 Å². The van der Waals surface area contributed by atoms with Gasteiger partial charge >= 0.3 is 6.09 Å². The standard InChI is InChI=1S/C28H24ClFN4O5S/c1-14(34(28(35)36)18-5-6-25(38-4)31-12-18)15(2)39-23-11-24-22(10-21(23)30)33-27(40-24)20-9-17(29)7-16-8-19(37-3)13-32-26(16)20/h5-15H,1-4H3,(H,35,36)/t14-,15+/m1/s1. The molecule has 5 rings (SSSR count). The predicted molar refractivity (Wildman–Crippen MR) is 153 cm³/mol. The number of pyridine rings is 2. The van der Waals surface area contributed by atoms with Gasteiger partial charge in [0.2, 0.25) is 5.88 Å². The summed E-state index contributed by atoms with van der Waals surface area (Å²) in [6.07, 6.45) is 1.10. The van der Waals surface area contributed by atoms with E-state index in [4.69, 9.17) is 25.8 Å². The fraction of sp³-hybridized carbons (Fsp3) is 0.214. The maximum absolute atomic E-state index is 15.2. The van der Waals surface area contributed by atoms with Crippen molar-refractivity contribution in [2.75, 3.05) is 19.1 Å². The van der Waals surface area contributed by atoms with Crippen molar-refractivity contribution in [2.45, 2.75) is 26.0 Å². The molecule has 0 saturated carbocycles. The minimum Gasteiger partial charge on any atom is -0.495 e. The maximum Gasteiger partial charge on any atom is 0.412 e. The van der Waals surface area contributed by atoms with Gasteiger partial charge in [-0.3, -0.25) is 9.88 Å². The zero-order valence-electron chi connectivity index (χ0n) is 21.9. The van der Waals surface area contributed by atoms with Crippen LogP contribution in [0.25, 0.3) is 31.7 Å². The van der Waals surface area contributed by atoms with Crippen LogP contribution in [0.2, 0.25) is 5.02 Å². The van der Waals surface area contributed by atoms with Crippen molar-refractivity contribution < 1.29 is 28.5 Å². The molecular weight excluding hydrogens is 559 g/mol. The predicted octanol–water partition coefficient (Wildman–Crippen LogP) is 7.06. The molecular formula is C28H24ClFN4O5S. The molecule has 3 aromatic heterocycles. The van der Waals surface area contributed by atoms with Crippen molar-refractivity contribution in [1.82, 2.24) is 15.0 Å². The number of nitrogens with zero attached hydrogens (tertiary/aromatic N) is 4. The molecule has 3 heterocycles. The molecule has 0 aliphatic heterocycles. The van der Waals surface area contributed by atoms with Crippen LogP contribution in [0.4, 0.5) is 14.9 Å². The summed E-state index contributed by atoms with van der Waals surface area (Å²) in [7, 11) is 3.03. The van der Waals surface area contributed by atoms with Gasteiger partial charge in [-0.1, -0.05) is 11.6 Å². The van der Waals surface area contributed by atoms with E-state index < -0.39 is 24.1 Å². The van der Waals surface area contributed by atoms with E-state index in [1.54, 1.807) is 57.5 Å². The Labute approximate surface area is 237 Å². The number of rotatable bonds is 8. The molecule has 0 spiro atoms. The molecule has 12 heteroatoms. The normalized spacial score (nSPS) is 12.8. The number of ether oxygens (including phenoxy) is 3. The number of hydrogen-bond donors (Lipinski definition) is 1. The van der Waals surface area contributed by atoms with E-state index >= 15 is 4.39 Å². The van der Waals surface area contributed by atoms with Crippen LogP contribution in [0.5, 0.6) is 17.4 Å². The average molecular weight is 583 g/mol. The van der Waals surface area contributed by atoms with Gasteiger partial charge in [0, 0.05) is 34.2 Å². The Morgan fingerprint density at radius 2 is 1.88 bits per heavy atom. The van der Waals surface area contributed by atoms with Gasteiger partial charge < -0.3 is 19.3 Å². The Balaban J connectivity index is 1.45. The van der Waals surface area contributed by atoms with E-state index in [1.807, 2.05) is 6.07 Å². The third-order valence-corrected chi connectivity index (χ3v) is 7.71. The highest BCUT2D eigenvalue weighted by atomic mass is 35.5. The van der Waals surface area contributed by atoms with Crippen molar-refractivity contribution in [3.63, 3.8) is 0 Å². The van der Waals surface area contributed by atoms with Crippen LogP contribution in [-0.4, -0.2) is 52.5 Å². The molecule has 0 saturated heterocycles. The number of thiazole rings is 1. The Morgan fingerprint density at radius 3 is 2.55 bits per heavy atom. The van der Waals surface area contributed by atoms with E-state index in [-0.39, 0.29) is 5.75 Å². The molecule has 9 nitrogen and oxygen atoms in total. The number of carboxylic acid groups (broad SMARTS) is 1. The SMILES string of the molecule is COc1cnc2c(-c3nc4cc(F)c(O[C@@H](C)[C@@H](C)N(C(=O)O)c5ccc(OC)nc5)cc4s3)cc(Cl)cc2c1. The number of benzene rings is 2. The highest BCUT2D eigenvalue weighted by Gasteiger charge is 2.28. The van der Waals surface area contributed by atoms with Gasteiger partial charge in [0.1, 0.15) is 16.9 Å². The molecule has 0 radical (unpaired) electrons. The number of anilines is 1. The molecule has 0 aliphatic carbocycles. The third-order valence-electron chi connectivity index (χ3n) is 6.44. The van der Waals surface area contributed by atoms with Crippen LogP contribution in [0.15, 0.2) is 54.9 Å². The molecule has 40 heavy (non-hydrogen) atoms. The Bertz CT molecular complexity index is 1720. The molecule has 0 aliphatic rings. The zero-order chi connectivity index (χ0) is 28.6. The zero-order valence-corrected chi connectivity index (χ0v) is 23.5. The molecule has 206 valence electrons. The van der Waals surface area contributed by atoms with Crippen LogP contribution in [-0.2, 0) is 0 Å². The summed E-state index contributed by atoms with van der Waals surface area (Å²) < 4.78 is 32.1. The number of methoxy groups -OCH3 is 2. The second-order valence-electron chi connectivity index (χ2n) is 8.94.